The van der Waals surface area contributed by atoms with E-state index in [9.17, 15) is 4.79 Å². The van der Waals surface area contributed by atoms with Crippen molar-refractivity contribution in [2.75, 3.05) is 19.6 Å². The number of nitrogens with one attached hydrogen (secondary N) is 2. The fraction of sp³-hybridized carbons (Fsp3) is 0.533. The Morgan fingerprint density at radius 1 is 1.40 bits per heavy atom. The van der Waals surface area contributed by atoms with Crippen LogP contribution in [0.5, 0.6) is 0 Å². The molecule has 1 atom stereocenters. The molecule has 1 fully saturated rings. The molecule has 1 aliphatic rings. The predicted octanol–water partition coefficient (Wildman–Crippen LogP) is 2.92. The molecule has 1 aliphatic heterocycles. The first-order valence-corrected chi connectivity index (χ1v) is 7.59. The molecule has 1 heterocycles. The summed E-state index contributed by atoms with van der Waals surface area (Å²) < 4.78 is 1.04. The Morgan fingerprint density at radius 3 is 2.70 bits per heavy atom. The van der Waals surface area contributed by atoms with E-state index in [-0.39, 0.29) is 23.7 Å². The predicted molar refractivity (Wildman–Crippen MR) is 88.3 cm³/mol. The van der Waals surface area contributed by atoms with E-state index in [1.807, 2.05) is 24.3 Å². The first-order chi connectivity index (χ1) is 9.07. The second kappa shape index (κ2) is 8.01. The maximum atomic E-state index is 11.9. The van der Waals surface area contributed by atoms with Crippen LogP contribution in [0.25, 0.3) is 0 Å². The van der Waals surface area contributed by atoms with E-state index in [4.69, 9.17) is 0 Å². The Hall–Kier alpha value is -0.580. The van der Waals surface area contributed by atoms with Crippen molar-refractivity contribution in [3.63, 3.8) is 0 Å². The van der Waals surface area contributed by atoms with Gasteiger partial charge in [-0.1, -0.05) is 35.0 Å². The lowest BCUT2D eigenvalue weighted by Gasteiger charge is -2.34. The topological polar surface area (TPSA) is 41.1 Å². The van der Waals surface area contributed by atoms with Gasteiger partial charge >= 0.3 is 0 Å². The van der Waals surface area contributed by atoms with Crippen LogP contribution in [0.15, 0.2) is 28.7 Å². The van der Waals surface area contributed by atoms with E-state index in [1.165, 1.54) is 12.8 Å². The van der Waals surface area contributed by atoms with Gasteiger partial charge in [-0.3, -0.25) is 4.79 Å². The first kappa shape index (κ1) is 17.5. The molecule has 1 amide bonds. The fourth-order valence-corrected chi connectivity index (χ4v) is 2.70. The average molecular weight is 362 g/mol. The molecule has 20 heavy (non-hydrogen) atoms. The van der Waals surface area contributed by atoms with Crippen molar-refractivity contribution < 1.29 is 4.79 Å². The third kappa shape index (κ3) is 5.43. The van der Waals surface area contributed by atoms with E-state index in [1.54, 1.807) is 0 Å². The SMILES string of the molecule is CC1(CNC(=O)Cc2ccc(Br)cc2)CCCNC1.Cl. The van der Waals surface area contributed by atoms with Crippen molar-refractivity contribution in [1.29, 1.82) is 0 Å². The van der Waals surface area contributed by atoms with Gasteiger partial charge in [0, 0.05) is 17.6 Å². The zero-order valence-electron chi connectivity index (χ0n) is 11.7. The number of carbonyl (C=O) groups is 1. The Labute approximate surface area is 135 Å². The summed E-state index contributed by atoms with van der Waals surface area (Å²) in [6.45, 7) is 5.09. The molecular formula is C15H22BrClN2O. The molecule has 1 aromatic rings. The summed E-state index contributed by atoms with van der Waals surface area (Å²) >= 11 is 3.39. The summed E-state index contributed by atoms with van der Waals surface area (Å²) in [7, 11) is 0. The number of hydrogen-bond acceptors (Lipinski definition) is 2. The Bertz CT molecular complexity index is 430. The highest BCUT2D eigenvalue weighted by atomic mass is 79.9. The van der Waals surface area contributed by atoms with E-state index in [2.05, 4.69) is 33.5 Å². The molecule has 2 rings (SSSR count). The monoisotopic (exact) mass is 360 g/mol. The van der Waals surface area contributed by atoms with Crippen molar-refractivity contribution in [1.82, 2.24) is 10.6 Å². The van der Waals surface area contributed by atoms with E-state index in [0.717, 1.165) is 29.7 Å². The molecule has 3 nitrogen and oxygen atoms in total. The van der Waals surface area contributed by atoms with Gasteiger partial charge in [-0.15, -0.1) is 12.4 Å². The number of piperidine rings is 1. The van der Waals surface area contributed by atoms with Gasteiger partial charge in [-0.2, -0.15) is 0 Å². The summed E-state index contributed by atoms with van der Waals surface area (Å²) in [6.07, 6.45) is 2.83. The maximum Gasteiger partial charge on any atom is 0.224 e. The van der Waals surface area contributed by atoms with Crippen LogP contribution in [-0.2, 0) is 11.2 Å². The Morgan fingerprint density at radius 2 is 2.10 bits per heavy atom. The molecule has 112 valence electrons. The zero-order chi connectivity index (χ0) is 13.7. The van der Waals surface area contributed by atoms with Crippen LogP contribution >= 0.6 is 28.3 Å². The Balaban J connectivity index is 0.00000200. The quantitative estimate of drug-likeness (QED) is 0.866. The smallest absolute Gasteiger partial charge is 0.224 e. The van der Waals surface area contributed by atoms with E-state index < -0.39 is 0 Å². The molecule has 1 aromatic carbocycles. The van der Waals surface area contributed by atoms with Crippen molar-refractivity contribution >= 4 is 34.2 Å². The lowest BCUT2D eigenvalue weighted by Crippen LogP contribution is -2.45. The average Bonchev–Trinajstić information content (AvgIpc) is 2.40. The molecule has 2 N–H and O–H groups in total. The minimum atomic E-state index is 0. The van der Waals surface area contributed by atoms with Gasteiger partial charge in [0.1, 0.15) is 0 Å². The van der Waals surface area contributed by atoms with Crippen LogP contribution in [0.2, 0.25) is 0 Å². The van der Waals surface area contributed by atoms with Crippen LogP contribution in [0.4, 0.5) is 0 Å². The second-order valence-electron chi connectivity index (χ2n) is 5.67. The van der Waals surface area contributed by atoms with Crippen molar-refractivity contribution in [2.24, 2.45) is 5.41 Å². The summed E-state index contributed by atoms with van der Waals surface area (Å²) in [5.41, 5.74) is 1.25. The minimum Gasteiger partial charge on any atom is -0.355 e. The molecule has 0 radical (unpaired) electrons. The number of benzene rings is 1. The van der Waals surface area contributed by atoms with Gasteiger partial charge in [0.15, 0.2) is 0 Å². The lowest BCUT2D eigenvalue weighted by molar-refractivity contribution is -0.121. The fourth-order valence-electron chi connectivity index (χ4n) is 2.43. The van der Waals surface area contributed by atoms with Gasteiger partial charge in [-0.25, -0.2) is 0 Å². The molecule has 1 saturated heterocycles. The highest BCUT2D eigenvalue weighted by Gasteiger charge is 2.26. The molecule has 0 saturated carbocycles. The molecule has 5 heteroatoms. The Kier molecular flexibility index (Phi) is 7.00. The van der Waals surface area contributed by atoms with Gasteiger partial charge in [0.25, 0.3) is 0 Å². The zero-order valence-corrected chi connectivity index (χ0v) is 14.1. The number of carbonyl (C=O) groups excluding carboxylic acids is 1. The summed E-state index contributed by atoms with van der Waals surface area (Å²) in [6, 6.07) is 7.89. The summed E-state index contributed by atoms with van der Waals surface area (Å²) in [4.78, 5) is 11.9. The first-order valence-electron chi connectivity index (χ1n) is 6.79. The van der Waals surface area contributed by atoms with Gasteiger partial charge in [-0.05, 0) is 42.5 Å². The third-order valence-corrected chi connectivity index (χ3v) is 4.20. The molecule has 0 spiro atoms. The normalized spacial score (nSPS) is 21.9. The van der Waals surface area contributed by atoms with Gasteiger partial charge in [0.2, 0.25) is 5.91 Å². The maximum absolute atomic E-state index is 11.9. The van der Waals surface area contributed by atoms with Crippen LogP contribution in [0.1, 0.15) is 25.3 Å². The van der Waals surface area contributed by atoms with Crippen molar-refractivity contribution in [3.05, 3.63) is 34.3 Å². The van der Waals surface area contributed by atoms with Gasteiger partial charge in [0.05, 0.1) is 6.42 Å². The largest absolute Gasteiger partial charge is 0.355 e. The summed E-state index contributed by atoms with van der Waals surface area (Å²) in [5, 5.41) is 6.46. The summed E-state index contributed by atoms with van der Waals surface area (Å²) in [5.74, 6) is 0.106. The number of halogens is 2. The second-order valence-corrected chi connectivity index (χ2v) is 6.59. The third-order valence-electron chi connectivity index (χ3n) is 3.68. The minimum absolute atomic E-state index is 0. The van der Waals surface area contributed by atoms with E-state index >= 15 is 0 Å². The molecular weight excluding hydrogens is 340 g/mol. The highest BCUT2D eigenvalue weighted by Crippen LogP contribution is 2.24. The van der Waals surface area contributed by atoms with Crippen LogP contribution in [-0.4, -0.2) is 25.5 Å². The van der Waals surface area contributed by atoms with Crippen LogP contribution in [0, 0.1) is 5.41 Å². The number of amides is 1. The van der Waals surface area contributed by atoms with Gasteiger partial charge < -0.3 is 10.6 Å². The molecule has 0 aromatic heterocycles. The van der Waals surface area contributed by atoms with Crippen LogP contribution in [0.3, 0.4) is 0 Å². The van der Waals surface area contributed by atoms with Crippen LogP contribution < -0.4 is 10.6 Å². The lowest BCUT2D eigenvalue weighted by atomic mass is 9.83. The van der Waals surface area contributed by atoms with E-state index in [0.29, 0.717) is 6.42 Å². The highest BCUT2D eigenvalue weighted by molar-refractivity contribution is 9.10. The number of rotatable bonds is 4. The van der Waals surface area contributed by atoms with Crippen molar-refractivity contribution in [2.45, 2.75) is 26.2 Å². The molecule has 1 unspecified atom stereocenters. The standard InChI is InChI=1S/C15H21BrN2O.ClH/c1-15(7-2-8-17-10-15)11-18-14(19)9-12-3-5-13(16)6-4-12;/h3-6,17H,2,7-11H2,1H3,(H,18,19);1H. The van der Waals surface area contributed by atoms with Crippen molar-refractivity contribution in [3.8, 4) is 0 Å². The molecule has 0 aliphatic carbocycles. The number of hydrogen-bond donors (Lipinski definition) is 2. The molecule has 0 bridgehead atoms.